The molecule has 186 valence electrons. The van der Waals surface area contributed by atoms with Crippen molar-refractivity contribution in [3.63, 3.8) is 0 Å². The molecule has 1 aliphatic rings. The summed E-state index contributed by atoms with van der Waals surface area (Å²) < 4.78 is 5.55. The number of ether oxygens (including phenoxy) is 1. The Hall–Kier alpha value is -0.200. The van der Waals surface area contributed by atoms with Gasteiger partial charge in [-0.1, -0.05) is 122 Å². The summed E-state index contributed by atoms with van der Waals surface area (Å²) in [5, 5.41) is 38.9. The van der Waals surface area contributed by atoms with Gasteiger partial charge in [0.15, 0.2) is 0 Å². The molecule has 31 heavy (non-hydrogen) atoms. The van der Waals surface area contributed by atoms with Gasteiger partial charge in [-0.25, -0.2) is 0 Å². The van der Waals surface area contributed by atoms with Gasteiger partial charge < -0.3 is 25.2 Å². The third-order valence-electron chi connectivity index (χ3n) is 6.83. The topological polar surface area (TPSA) is 90.2 Å². The SMILES string of the molecule is CCCCCCCCCCCCCCCCCCCCC1O[C@H](CO)[C@@H](O)[C@H](O)[C@H]1O. The minimum Gasteiger partial charge on any atom is -0.394 e. The van der Waals surface area contributed by atoms with Crippen molar-refractivity contribution in [2.45, 2.75) is 159 Å². The third-order valence-corrected chi connectivity index (χ3v) is 6.83. The van der Waals surface area contributed by atoms with Crippen molar-refractivity contribution in [1.29, 1.82) is 0 Å². The zero-order valence-corrected chi connectivity index (χ0v) is 20.2. The summed E-state index contributed by atoms with van der Waals surface area (Å²) in [5.74, 6) is 0. The van der Waals surface area contributed by atoms with Gasteiger partial charge in [0.2, 0.25) is 0 Å². The lowest BCUT2D eigenvalue weighted by atomic mass is 9.92. The Morgan fingerprint density at radius 1 is 0.484 bits per heavy atom. The van der Waals surface area contributed by atoms with Gasteiger partial charge in [-0.15, -0.1) is 0 Å². The molecule has 1 rings (SSSR count). The van der Waals surface area contributed by atoms with Crippen LogP contribution in [0.5, 0.6) is 0 Å². The first kappa shape index (κ1) is 28.8. The first-order valence-corrected chi connectivity index (χ1v) is 13.4. The largest absolute Gasteiger partial charge is 0.394 e. The number of rotatable bonds is 20. The molecule has 5 atom stereocenters. The van der Waals surface area contributed by atoms with E-state index in [-0.39, 0.29) is 6.61 Å². The number of aliphatic hydroxyl groups excluding tert-OH is 4. The van der Waals surface area contributed by atoms with E-state index in [2.05, 4.69) is 6.92 Å². The standard InChI is InChI=1S/C26H52O5/c1-2-3-4-5-6-7-8-9-10-11-12-13-14-15-16-17-18-19-20-22-24(28)26(30)25(29)23(21-27)31-22/h22-30H,2-21H2,1H3/t22?,23-,24+,25-,26-/m1/s1. The predicted molar refractivity (Wildman–Crippen MR) is 127 cm³/mol. The summed E-state index contributed by atoms with van der Waals surface area (Å²) in [6, 6.07) is 0. The van der Waals surface area contributed by atoms with Crippen molar-refractivity contribution in [3.05, 3.63) is 0 Å². The van der Waals surface area contributed by atoms with Crippen molar-refractivity contribution in [1.82, 2.24) is 0 Å². The highest BCUT2D eigenvalue weighted by atomic mass is 16.5. The van der Waals surface area contributed by atoms with Crippen molar-refractivity contribution >= 4 is 0 Å². The lowest BCUT2D eigenvalue weighted by Crippen LogP contribution is -2.58. The molecule has 0 amide bonds. The normalized spacial score (nSPS) is 26.4. The quantitative estimate of drug-likeness (QED) is 0.192. The van der Waals surface area contributed by atoms with Crippen molar-refractivity contribution in [2.24, 2.45) is 0 Å². The summed E-state index contributed by atoms with van der Waals surface area (Å²) in [7, 11) is 0. The van der Waals surface area contributed by atoms with Crippen molar-refractivity contribution in [2.75, 3.05) is 6.61 Å². The lowest BCUT2D eigenvalue weighted by molar-refractivity contribution is -0.230. The molecule has 0 aromatic carbocycles. The summed E-state index contributed by atoms with van der Waals surface area (Å²) in [6.07, 6.45) is 19.8. The Morgan fingerprint density at radius 3 is 1.23 bits per heavy atom. The lowest BCUT2D eigenvalue weighted by Gasteiger charge is -2.40. The second-order valence-electron chi connectivity index (χ2n) is 9.67. The zero-order chi connectivity index (χ0) is 22.7. The van der Waals surface area contributed by atoms with Crippen LogP contribution < -0.4 is 0 Å². The first-order valence-electron chi connectivity index (χ1n) is 13.4. The Bertz CT molecular complexity index is 390. The Morgan fingerprint density at radius 2 is 0.839 bits per heavy atom. The van der Waals surface area contributed by atoms with E-state index >= 15 is 0 Å². The first-order chi connectivity index (χ1) is 15.1. The van der Waals surface area contributed by atoms with Crippen LogP contribution in [-0.2, 0) is 4.74 Å². The van der Waals surface area contributed by atoms with Gasteiger partial charge in [-0.3, -0.25) is 0 Å². The molecule has 0 aliphatic carbocycles. The van der Waals surface area contributed by atoms with E-state index in [1.165, 1.54) is 103 Å². The van der Waals surface area contributed by atoms with Crippen LogP contribution in [0.3, 0.4) is 0 Å². The van der Waals surface area contributed by atoms with E-state index in [4.69, 9.17) is 4.74 Å². The van der Waals surface area contributed by atoms with Gasteiger partial charge in [0.1, 0.15) is 24.4 Å². The maximum atomic E-state index is 10.0. The number of unbranched alkanes of at least 4 members (excludes halogenated alkanes) is 17. The monoisotopic (exact) mass is 444 g/mol. The van der Waals surface area contributed by atoms with Crippen LogP contribution in [-0.4, -0.2) is 57.6 Å². The minimum absolute atomic E-state index is 0.347. The average Bonchev–Trinajstić information content (AvgIpc) is 2.78. The second-order valence-corrected chi connectivity index (χ2v) is 9.67. The maximum Gasteiger partial charge on any atom is 0.111 e. The second kappa shape index (κ2) is 19.3. The molecule has 0 aromatic rings. The zero-order valence-electron chi connectivity index (χ0n) is 20.2. The summed E-state index contributed by atoms with van der Waals surface area (Å²) in [6.45, 7) is 1.93. The van der Waals surface area contributed by atoms with Crippen LogP contribution in [0.15, 0.2) is 0 Å². The fourth-order valence-electron chi connectivity index (χ4n) is 4.66. The molecule has 1 saturated heterocycles. The highest BCUT2D eigenvalue weighted by Gasteiger charge is 2.42. The predicted octanol–water partition coefficient (Wildman–Crippen LogP) is 5.26. The summed E-state index contributed by atoms with van der Waals surface area (Å²) >= 11 is 0. The van der Waals surface area contributed by atoms with Crippen LogP contribution in [0.4, 0.5) is 0 Å². The van der Waals surface area contributed by atoms with E-state index in [0.717, 1.165) is 12.8 Å². The van der Waals surface area contributed by atoms with Gasteiger partial charge in [0.05, 0.1) is 12.7 Å². The van der Waals surface area contributed by atoms with Gasteiger partial charge in [0, 0.05) is 0 Å². The Labute approximate surface area is 191 Å². The van der Waals surface area contributed by atoms with E-state index in [9.17, 15) is 20.4 Å². The van der Waals surface area contributed by atoms with E-state index < -0.39 is 30.5 Å². The smallest absolute Gasteiger partial charge is 0.111 e. The van der Waals surface area contributed by atoms with Crippen molar-refractivity contribution in [3.8, 4) is 0 Å². The highest BCUT2D eigenvalue weighted by molar-refractivity contribution is 4.91. The summed E-state index contributed by atoms with van der Waals surface area (Å²) in [5.41, 5.74) is 0. The molecular formula is C26H52O5. The molecule has 0 radical (unpaired) electrons. The molecule has 0 saturated carbocycles. The van der Waals surface area contributed by atoms with Gasteiger partial charge >= 0.3 is 0 Å². The average molecular weight is 445 g/mol. The Kier molecular flexibility index (Phi) is 17.9. The minimum atomic E-state index is -1.24. The van der Waals surface area contributed by atoms with Gasteiger partial charge in [-0.2, -0.15) is 0 Å². The number of aliphatic hydroxyl groups is 4. The molecule has 1 heterocycles. The third kappa shape index (κ3) is 13.2. The molecule has 0 bridgehead atoms. The molecule has 1 unspecified atom stereocenters. The van der Waals surface area contributed by atoms with Crippen LogP contribution >= 0.6 is 0 Å². The van der Waals surface area contributed by atoms with Gasteiger partial charge in [0.25, 0.3) is 0 Å². The van der Waals surface area contributed by atoms with Gasteiger partial charge in [-0.05, 0) is 6.42 Å². The van der Waals surface area contributed by atoms with Crippen LogP contribution in [0.25, 0.3) is 0 Å². The molecular weight excluding hydrogens is 392 g/mol. The Balaban J connectivity index is 1.84. The molecule has 1 fully saturated rings. The highest BCUT2D eigenvalue weighted by Crippen LogP contribution is 2.25. The van der Waals surface area contributed by atoms with Crippen LogP contribution in [0.1, 0.15) is 129 Å². The number of hydrogen-bond donors (Lipinski definition) is 4. The molecule has 5 nitrogen and oxygen atoms in total. The summed E-state index contributed by atoms with van der Waals surface area (Å²) in [4.78, 5) is 0. The molecule has 5 heteroatoms. The van der Waals surface area contributed by atoms with Crippen LogP contribution in [0, 0.1) is 0 Å². The van der Waals surface area contributed by atoms with E-state index in [0.29, 0.717) is 6.42 Å². The molecule has 0 aromatic heterocycles. The molecule has 0 spiro atoms. The number of hydrogen-bond acceptors (Lipinski definition) is 5. The van der Waals surface area contributed by atoms with Crippen LogP contribution in [0.2, 0.25) is 0 Å². The molecule has 1 aliphatic heterocycles. The van der Waals surface area contributed by atoms with E-state index in [1.807, 2.05) is 0 Å². The maximum absolute atomic E-state index is 10.0. The van der Waals surface area contributed by atoms with E-state index in [1.54, 1.807) is 0 Å². The fourth-order valence-corrected chi connectivity index (χ4v) is 4.66. The van der Waals surface area contributed by atoms with Crippen molar-refractivity contribution < 1.29 is 25.2 Å². The fraction of sp³-hybridized carbons (Fsp3) is 1.00. The molecule has 4 N–H and O–H groups in total.